The van der Waals surface area contributed by atoms with Gasteiger partial charge in [-0.3, -0.25) is 0 Å². The summed E-state index contributed by atoms with van der Waals surface area (Å²) in [5, 5.41) is 0. The highest BCUT2D eigenvalue weighted by Gasteiger charge is 2.29. The van der Waals surface area contributed by atoms with Gasteiger partial charge in [-0.25, -0.2) is 13.1 Å². The van der Waals surface area contributed by atoms with Gasteiger partial charge in [0.05, 0.1) is 6.26 Å². The van der Waals surface area contributed by atoms with Crippen LogP contribution in [0.15, 0.2) is 18.2 Å². The molecule has 144 valence electrons. The van der Waals surface area contributed by atoms with Crippen LogP contribution in [-0.4, -0.2) is 64.6 Å². The van der Waals surface area contributed by atoms with Crippen molar-refractivity contribution in [3.63, 3.8) is 0 Å². The maximum Gasteiger partial charge on any atom is 0.231 e. The number of fused-ring (bicyclic) bond motifs is 1. The van der Waals surface area contributed by atoms with Crippen molar-refractivity contribution in [2.45, 2.75) is 37.8 Å². The number of rotatable bonds is 4. The maximum absolute atomic E-state index is 11.4. The van der Waals surface area contributed by atoms with E-state index in [4.69, 9.17) is 9.47 Å². The number of likely N-dealkylation sites (tertiary alicyclic amines) is 1. The van der Waals surface area contributed by atoms with Crippen molar-refractivity contribution in [2.24, 2.45) is 0 Å². The molecule has 1 aromatic carbocycles. The topological polar surface area (TPSA) is 71.1 Å². The Balaban J connectivity index is 1.28. The van der Waals surface area contributed by atoms with Crippen LogP contribution in [0.5, 0.6) is 11.5 Å². The summed E-state index contributed by atoms with van der Waals surface area (Å²) in [6, 6.07) is 6.86. The molecule has 26 heavy (non-hydrogen) atoms. The molecular weight excluding hydrogens is 354 g/mol. The zero-order chi connectivity index (χ0) is 18.1. The van der Waals surface area contributed by atoms with Crippen LogP contribution in [0, 0.1) is 0 Å². The number of piperidine rings is 2. The first-order valence-electron chi connectivity index (χ1n) is 9.34. The Kier molecular flexibility index (Phi) is 4.98. The van der Waals surface area contributed by atoms with E-state index in [1.54, 1.807) is 0 Å². The number of hydrogen-bond donors (Lipinski definition) is 1. The Morgan fingerprint density at radius 2 is 1.69 bits per heavy atom. The lowest BCUT2D eigenvalue weighted by molar-refractivity contribution is 0.129. The van der Waals surface area contributed by atoms with Gasteiger partial charge in [0, 0.05) is 36.9 Å². The van der Waals surface area contributed by atoms with Gasteiger partial charge in [-0.1, -0.05) is 0 Å². The summed E-state index contributed by atoms with van der Waals surface area (Å²) in [6.07, 6.45) is 5.31. The molecule has 0 aliphatic carbocycles. The van der Waals surface area contributed by atoms with E-state index in [-0.39, 0.29) is 6.04 Å². The molecule has 2 saturated heterocycles. The maximum atomic E-state index is 11.4. The van der Waals surface area contributed by atoms with Crippen molar-refractivity contribution in [3.8, 4) is 11.5 Å². The SMILES string of the molecule is CS(=O)(=O)NC1CCN(C2CCN(c3ccc4c(c3)OCO4)CC2)CC1. The molecule has 3 aliphatic heterocycles. The summed E-state index contributed by atoms with van der Waals surface area (Å²) < 4.78 is 36.4. The standard InChI is InChI=1S/C18H27N3O4S/c1-26(22,23)19-14-4-8-20(9-5-14)15-6-10-21(11-7-15)16-2-3-17-18(12-16)25-13-24-17/h2-3,12,14-15,19H,4-11,13H2,1H3. The normalized spacial score (nSPS) is 22.7. The number of sulfonamides is 1. The van der Waals surface area contributed by atoms with E-state index in [9.17, 15) is 8.42 Å². The molecule has 3 heterocycles. The third kappa shape index (κ3) is 4.07. The van der Waals surface area contributed by atoms with Crippen LogP contribution in [0.25, 0.3) is 0 Å². The summed E-state index contributed by atoms with van der Waals surface area (Å²) in [7, 11) is -3.10. The second-order valence-electron chi connectivity index (χ2n) is 7.46. The van der Waals surface area contributed by atoms with Crippen LogP contribution in [0.2, 0.25) is 0 Å². The van der Waals surface area contributed by atoms with Crippen LogP contribution < -0.4 is 19.1 Å². The average molecular weight is 381 g/mol. The first-order valence-corrected chi connectivity index (χ1v) is 11.2. The first kappa shape index (κ1) is 17.9. The average Bonchev–Trinajstić information content (AvgIpc) is 3.09. The zero-order valence-corrected chi connectivity index (χ0v) is 16.0. The van der Waals surface area contributed by atoms with Gasteiger partial charge in [-0.2, -0.15) is 0 Å². The Hall–Kier alpha value is -1.51. The number of ether oxygens (including phenoxy) is 2. The number of benzene rings is 1. The summed E-state index contributed by atoms with van der Waals surface area (Å²) in [5.41, 5.74) is 1.20. The molecule has 0 radical (unpaired) electrons. The molecule has 0 saturated carbocycles. The molecule has 4 rings (SSSR count). The molecular formula is C18H27N3O4S. The second-order valence-corrected chi connectivity index (χ2v) is 9.24. The van der Waals surface area contributed by atoms with Gasteiger partial charge in [-0.05, 0) is 50.9 Å². The number of hydrogen-bond acceptors (Lipinski definition) is 6. The van der Waals surface area contributed by atoms with E-state index in [1.807, 2.05) is 6.07 Å². The lowest BCUT2D eigenvalue weighted by atomic mass is 9.98. The molecule has 0 amide bonds. The van der Waals surface area contributed by atoms with Crippen molar-refractivity contribution in [3.05, 3.63) is 18.2 Å². The van der Waals surface area contributed by atoms with E-state index >= 15 is 0 Å². The highest BCUT2D eigenvalue weighted by Crippen LogP contribution is 2.36. The van der Waals surface area contributed by atoms with E-state index in [1.165, 1.54) is 11.9 Å². The zero-order valence-electron chi connectivity index (χ0n) is 15.2. The predicted molar refractivity (Wildman–Crippen MR) is 100 cm³/mol. The van der Waals surface area contributed by atoms with Crippen molar-refractivity contribution in [1.82, 2.24) is 9.62 Å². The van der Waals surface area contributed by atoms with Crippen molar-refractivity contribution < 1.29 is 17.9 Å². The third-order valence-corrected chi connectivity index (χ3v) is 6.37. The number of nitrogens with one attached hydrogen (secondary N) is 1. The quantitative estimate of drug-likeness (QED) is 0.850. The smallest absolute Gasteiger partial charge is 0.231 e. The van der Waals surface area contributed by atoms with Crippen LogP contribution in [0.3, 0.4) is 0 Å². The molecule has 0 aromatic heterocycles. The molecule has 2 fully saturated rings. The minimum Gasteiger partial charge on any atom is -0.454 e. The second kappa shape index (κ2) is 7.25. The number of anilines is 1. The van der Waals surface area contributed by atoms with Gasteiger partial charge in [-0.15, -0.1) is 0 Å². The molecule has 8 heteroatoms. The van der Waals surface area contributed by atoms with Crippen LogP contribution >= 0.6 is 0 Å². The lowest BCUT2D eigenvalue weighted by Crippen LogP contribution is -2.51. The highest BCUT2D eigenvalue weighted by atomic mass is 32.2. The summed E-state index contributed by atoms with van der Waals surface area (Å²) in [4.78, 5) is 4.95. The Labute approximate surface area is 155 Å². The summed E-state index contributed by atoms with van der Waals surface area (Å²) >= 11 is 0. The van der Waals surface area contributed by atoms with Gasteiger partial charge >= 0.3 is 0 Å². The Morgan fingerprint density at radius 3 is 2.38 bits per heavy atom. The van der Waals surface area contributed by atoms with Crippen LogP contribution in [0.1, 0.15) is 25.7 Å². The molecule has 0 spiro atoms. The fourth-order valence-corrected chi connectivity index (χ4v) is 5.10. The summed E-state index contributed by atoms with van der Waals surface area (Å²) in [5.74, 6) is 1.67. The van der Waals surface area contributed by atoms with E-state index in [2.05, 4.69) is 26.7 Å². The van der Waals surface area contributed by atoms with Gasteiger partial charge in [0.2, 0.25) is 16.8 Å². The van der Waals surface area contributed by atoms with Gasteiger partial charge in [0.1, 0.15) is 0 Å². The molecule has 1 N–H and O–H groups in total. The Bertz CT molecular complexity index is 739. The van der Waals surface area contributed by atoms with Crippen LogP contribution in [0.4, 0.5) is 5.69 Å². The fraction of sp³-hybridized carbons (Fsp3) is 0.667. The van der Waals surface area contributed by atoms with E-state index < -0.39 is 10.0 Å². The van der Waals surface area contributed by atoms with Gasteiger partial charge < -0.3 is 19.3 Å². The minimum atomic E-state index is -3.10. The monoisotopic (exact) mass is 381 g/mol. The highest BCUT2D eigenvalue weighted by molar-refractivity contribution is 7.88. The van der Waals surface area contributed by atoms with Gasteiger partial charge in [0.15, 0.2) is 11.5 Å². The van der Waals surface area contributed by atoms with Crippen LogP contribution in [-0.2, 0) is 10.0 Å². The van der Waals surface area contributed by atoms with E-state index in [0.29, 0.717) is 12.8 Å². The largest absolute Gasteiger partial charge is 0.454 e. The summed E-state index contributed by atoms with van der Waals surface area (Å²) in [6.45, 7) is 4.33. The first-order chi connectivity index (χ1) is 12.5. The molecule has 1 aromatic rings. The van der Waals surface area contributed by atoms with Crippen molar-refractivity contribution in [2.75, 3.05) is 44.1 Å². The molecule has 3 aliphatic rings. The van der Waals surface area contributed by atoms with Crippen molar-refractivity contribution in [1.29, 1.82) is 0 Å². The molecule has 0 unspecified atom stereocenters. The molecule has 0 atom stereocenters. The molecule has 7 nitrogen and oxygen atoms in total. The lowest BCUT2D eigenvalue weighted by Gasteiger charge is -2.42. The van der Waals surface area contributed by atoms with Crippen molar-refractivity contribution >= 4 is 15.7 Å². The fourth-order valence-electron chi connectivity index (χ4n) is 4.26. The van der Waals surface area contributed by atoms with E-state index in [0.717, 1.165) is 63.4 Å². The predicted octanol–water partition coefficient (Wildman–Crippen LogP) is 1.40. The molecule has 0 bridgehead atoms. The minimum absolute atomic E-state index is 0.0926. The number of nitrogens with zero attached hydrogens (tertiary/aromatic N) is 2. The van der Waals surface area contributed by atoms with Gasteiger partial charge in [0.25, 0.3) is 0 Å². The Morgan fingerprint density at radius 1 is 1.00 bits per heavy atom. The third-order valence-electron chi connectivity index (χ3n) is 5.61.